The third-order valence-electron chi connectivity index (χ3n) is 6.01. The molecule has 206 valence electrons. The second kappa shape index (κ2) is 13.7. The lowest BCUT2D eigenvalue weighted by atomic mass is 10.00. The number of ether oxygens (including phenoxy) is 2. The second-order valence-corrected chi connectivity index (χ2v) is 10.6. The zero-order valence-corrected chi connectivity index (χ0v) is 23.6. The van der Waals surface area contributed by atoms with Crippen LogP contribution in [0.15, 0.2) is 24.3 Å². The van der Waals surface area contributed by atoms with Crippen molar-refractivity contribution in [1.29, 1.82) is 0 Å². The monoisotopic (exact) mass is 535 g/mol. The van der Waals surface area contributed by atoms with Gasteiger partial charge in [-0.15, -0.1) is 0 Å². The molecule has 1 fully saturated rings. The van der Waals surface area contributed by atoms with Crippen molar-refractivity contribution in [3.8, 4) is 0 Å². The van der Waals surface area contributed by atoms with Crippen LogP contribution in [0.3, 0.4) is 0 Å². The molecule has 0 radical (unpaired) electrons. The molecule has 37 heavy (non-hydrogen) atoms. The zero-order valence-electron chi connectivity index (χ0n) is 22.7. The Morgan fingerprint density at radius 3 is 2.24 bits per heavy atom. The lowest BCUT2D eigenvalue weighted by Crippen LogP contribution is -2.54. The maximum Gasteiger partial charge on any atom is 0.408 e. The third-order valence-corrected chi connectivity index (χ3v) is 6.38. The predicted octanol–water partition coefficient (Wildman–Crippen LogP) is 3.42. The van der Waals surface area contributed by atoms with Crippen molar-refractivity contribution in [1.82, 2.24) is 15.5 Å². The largest absolute Gasteiger partial charge is 0.466 e. The molecule has 1 saturated carbocycles. The summed E-state index contributed by atoms with van der Waals surface area (Å²) in [6.07, 6.45) is 0.859. The van der Waals surface area contributed by atoms with Crippen LogP contribution in [0.2, 0.25) is 0 Å². The average molecular weight is 536 g/mol. The number of carbonyl (C=O) groups is 4. The van der Waals surface area contributed by atoms with Crippen LogP contribution in [0, 0.1) is 5.92 Å². The number of hydrogen-bond acceptors (Lipinski definition) is 7. The molecule has 0 heterocycles. The number of carbonyl (C=O) groups excluding carboxylic acids is 4. The lowest BCUT2D eigenvalue weighted by molar-refractivity contribution is -0.144. The first-order chi connectivity index (χ1) is 17.4. The number of alkyl carbamates (subject to hydrolysis) is 1. The number of hydrogen-bond donors (Lipinski definition) is 3. The van der Waals surface area contributed by atoms with Gasteiger partial charge in [-0.3, -0.25) is 14.4 Å². The first kappa shape index (κ1) is 30.5. The molecular formula is C27H41N3O6S. The van der Waals surface area contributed by atoms with Crippen molar-refractivity contribution in [2.45, 2.75) is 84.5 Å². The Labute approximate surface area is 225 Å². The van der Waals surface area contributed by atoms with Gasteiger partial charge in [0.1, 0.15) is 17.7 Å². The fourth-order valence-corrected chi connectivity index (χ4v) is 4.23. The molecule has 0 saturated heterocycles. The summed E-state index contributed by atoms with van der Waals surface area (Å²) >= 11 is 4.31. The van der Waals surface area contributed by atoms with Gasteiger partial charge in [0, 0.05) is 18.3 Å². The van der Waals surface area contributed by atoms with E-state index >= 15 is 0 Å². The summed E-state index contributed by atoms with van der Waals surface area (Å²) in [6.45, 7) is 11.3. The van der Waals surface area contributed by atoms with E-state index in [1.165, 1.54) is 0 Å². The van der Waals surface area contributed by atoms with E-state index in [0.717, 1.165) is 18.4 Å². The smallest absolute Gasteiger partial charge is 0.408 e. The summed E-state index contributed by atoms with van der Waals surface area (Å²) in [6, 6.07) is 5.44. The molecule has 2 N–H and O–H groups in total. The van der Waals surface area contributed by atoms with E-state index in [0.29, 0.717) is 5.56 Å². The Morgan fingerprint density at radius 1 is 1.14 bits per heavy atom. The van der Waals surface area contributed by atoms with Gasteiger partial charge in [-0.1, -0.05) is 38.1 Å². The van der Waals surface area contributed by atoms with E-state index in [2.05, 4.69) is 23.3 Å². The van der Waals surface area contributed by atoms with Gasteiger partial charge in [0.05, 0.1) is 13.0 Å². The SMILES string of the molecule is CCOC(=O)CCNC(=O)C(c1ccc(CC)cc1)N(C(=O)C(CS)NC(=O)OC(C)(C)C)C1CC1C. The topological polar surface area (TPSA) is 114 Å². The fourth-order valence-electron chi connectivity index (χ4n) is 3.98. The molecule has 2 rings (SSSR count). The summed E-state index contributed by atoms with van der Waals surface area (Å²) in [5, 5.41) is 5.41. The van der Waals surface area contributed by atoms with Crippen molar-refractivity contribution >= 4 is 36.5 Å². The molecule has 0 aromatic heterocycles. The summed E-state index contributed by atoms with van der Waals surface area (Å²) in [5.41, 5.74) is 1.01. The fraction of sp³-hybridized carbons (Fsp3) is 0.630. The van der Waals surface area contributed by atoms with Crippen LogP contribution in [0.1, 0.15) is 71.6 Å². The summed E-state index contributed by atoms with van der Waals surface area (Å²) < 4.78 is 10.3. The highest BCUT2D eigenvalue weighted by Crippen LogP contribution is 2.40. The Kier molecular flexibility index (Phi) is 11.3. The van der Waals surface area contributed by atoms with Crippen LogP contribution in [0.4, 0.5) is 4.79 Å². The van der Waals surface area contributed by atoms with Crippen molar-refractivity contribution in [3.05, 3.63) is 35.4 Å². The van der Waals surface area contributed by atoms with Crippen LogP contribution >= 0.6 is 12.6 Å². The highest BCUT2D eigenvalue weighted by Gasteiger charge is 2.48. The van der Waals surface area contributed by atoms with Crippen LogP contribution in [0.25, 0.3) is 0 Å². The molecule has 0 spiro atoms. The Bertz CT molecular complexity index is 946. The summed E-state index contributed by atoms with van der Waals surface area (Å²) in [4.78, 5) is 53.2. The van der Waals surface area contributed by atoms with Gasteiger partial charge in [0.2, 0.25) is 11.8 Å². The Morgan fingerprint density at radius 2 is 1.76 bits per heavy atom. The lowest BCUT2D eigenvalue weighted by Gasteiger charge is -2.34. The molecule has 0 bridgehead atoms. The van der Waals surface area contributed by atoms with Crippen molar-refractivity contribution < 1.29 is 28.7 Å². The maximum absolute atomic E-state index is 13.9. The average Bonchev–Trinajstić information content (AvgIpc) is 3.55. The van der Waals surface area contributed by atoms with E-state index in [1.54, 1.807) is 32.6 Å². The number of nitrogens with zero attached hydrogens (tertiary/aromatic N) is 1. The van der Waals surface area contributed by atoms with Crippen molar-refractivity contribution in [2.75, 3.05) is 18.9 Å². The van der Waals surface area contributed by atoms with E-state index in [4.69, 9.17) is 9.47 Å². The Hall–Kier alpha value is -2.75. The van der Waals surface area contributed by atoms with E-state index in [1.807, 2.05) is 38.1 Å². The number of benzene rings is 1. The minimum Gasteiger partial charge on any atom is -0.466 e. The Balaban J connectivity index is 2.36. The summed E-state index contributed by atoms with van der Waals surface area (Å²) in [7, 11) is 0. The van der Waals surface area contributed by atoms with Crippen LogP contribution in [0.5, 0.6) is 0 Å². The molecule has 4 unspecified atom stereocenters. The number of esters is 1. The summed E-state index contributed by atoms with van der Waals surface area (Å²) in [5.74, 6) is -1.01. The van der Waals surface area contributed by atoms with Gasteiger partial charge in [-0.05, 0) is 57.6 Å². The quantitative estimate of drug-likeness (QED) is 0.279. The van der Waals surface area contributed by atoms with Gasteiger partial charge >= 0.3 is 12.1 Å². The second-order valence-electron chi connectivity index (χ2n) is 10.3. The molecule has 9 nitrogen and oxygen atoms in total. The van der Waals surface area contributed by atoms with Crippen LogP contribution in [-0.4, -0.2) is 65.4 Å². The molecule has 0 aliphatic heterocycles. The molecule has 4 atom stereocenters. The molecule has 3 amide bonds. The number of rotatable bonds is 12. The van der Waals surface area contributed by atoms with Crippen molar-refractivity contribution in [2.24, 2.45) is 5.92 Å². The minimum absolute atomic E-state index is 0.0221. The van der Waals surface area contributed by atoms with Gasteiger partial charge < -0.3 is 25.0 Å². The number of nitrogens with one attached hydrogen (secondary N) is 2. The standard InChI is InChI=1S/C27H41N3O6S/c1-7-18-9-11-19(12-10-18)23(24(32)28-14-13-22(31)35-8-2)30(21-15-17(21)3)25(33)20(16-37)29-26(34)36-27(4,5)6/h9-12,17,20-21,23,37H,7-8,13-16H2,1-6H3,(H,28,32)(H,29,34). The highest BCUT2D eigenvalue weighted by molar-refractivity contribution is 7.80. The van der Waals surface area contributed by atoms with Crippen LogP contribution < -0.4 is 10.6 Å². The number of amides is 3. The molecule has 1 aromatic rings. The minimum atomic E-state index is -0.990. The van der Waals surface area contributed by atoms with Gasteiger partial charge in [-0.25, -0.2) is 4.79 Å². The highest BCUT2D eigenvalue weighted by atomic mass is 32.1. The zero-order chi connectivity index (χ0) is 27.8. The number of aryl methyl sites for hydroxylation is 1. The number of thiol groups is 1. The van der Waals surface area contributed by atoms with E-state index in [-0.39, 0.29) is 37.3 Å². The maximum atomic E-state index is 13.9. The van der Waals surface area contributed by atoms with Crippen LogP contribution in [-0.2, 0) is 30.3 Å². The van der Waals surface area contributed by atoms with Gasteiger partial charge in [-0.2, -0.15) is 12.6 Å². The van der Waals surface area contributed by atoms with Crippen molar-refractivity contribution in [3.63, 3.8) is 0 Å². The predicted molar refractivity (Wildman–Crippen MR) is 144 cm³/mol. The molecule has 1 aliphatic carbocycles. The van der Waals surface area contributed by atoms with E-state index in [9.17, 15) is 19.2 Å². The molecular weight excluding hydrogens is 494 g/mol. The first-order valence-electron chi connectivity index (χ1n) is 12.9. The molecule has 1 aliphatic rings. The van der Waals surface area contributed by atoms with Gasteiger partial charge in [0.15, 0.2) is 0 Å². The van der Waals surface area contributed by atoms with Gasteiger partial charge in [0.25, 0.3) is 0 Å². The molecule has 10 heteroatoms. The molecule has 1 aromatic carbocycles. The normalized spacial score (nSPS) is 18.2. The first-order valence-corrected chi connectivity index (χ1v) is 13.5. The van der Waals surface area contributed by atoms with E-state index < -0.39 is 41.6 Å². The third kappa shape index (κ3) is 9.25.